The number of hydrogen-bond acceptors (Lipinski definition) is 6. The molecule has 2 rings (SSSR count). The largest absolute Gasteiger partial charge is 0.478 e. The van der Waals surface area contributed by atoms with Gasteiger partial charge in [-0.3, -0.25) is 4.90 Å². The molecule has 0 saturated carbocycles. The van der Waals surface area contributed by atoms with E-state index in [-0.39, 0.29) is 19.3 Å². The molecule has 0 unspecified atom stereocenters. The van der Waals surface area contributed by atoms with Crippen LogP contribution in [-0.2, 0) is 30.2 Å². The molecule has 202 valence electrons. The third-order valence-electron chi connectivity index (χ3n) is 6.06. The van der Waals surface area contributed by atoms with Crippen molar-refractivity contribution in [1.82, 2.24) is 4.90 Å². The van der Waals surface area contributed by atoms with E-state index in [0.717, 1.165) is 31.0 Å². The average molecular weight is 510 g/mol. The molecule has 0 aromatic heterocycles. The predicted molar refractivity (Wildman–Crippen MR) is 133 cm³/mol. The van der Waals surface area contributed by atoms with Crippen molar-refractivity contribution in [3.8, 4) is 0 Å². The van der Waals surface area contributed by atoms with Crippen molar-refractivity contribution in [2.45, 2.75) is 96.1 Å². The predicted octanol–water partition coefficient (Wildman–Crippen LogP) is 4.88. The number of likely N-dealkylation sites (N-methyl/N-ethyl adjacent to an activating group) is 1. The van der Waals surface area contributed by atoms with Gasteiger partial charge in [-0.2, -0.15) is 0 Å². The van der Waals surface area contributed by atoms with Gasteiger partial charge < -0.3 is 19.3 Å². The Morgan fingerprint density at radius 3 is 2.19 bits per heavy atom. The molecule has 1 aliphatic heterocycles. The van der Waals surface area contributed by atoms with Crippen LogP contribution < -0.4 is 0 Å². The first-order valence-corrected chi connectivity index (χ1v) is 12.4. The number of aliphatic carboxylic acids is 1. The van der Waals surface area contributed by atoms with E-state index < -0.39 is 41.4 Å². The number of ether oxygens (including phenoxy) is 3. The van der Waals surface area contributed by atoms with Gasteiger partial charge >= 0.3 is 18.0 Å². The molecule has 9 heteroatoms. The van der Waals surface area contributed by atoms with Crippen molar-refractivity contribution in [1.29, 1.82) is 0 Å². The highest BCUT2D eigenvalue weighted by atomic mass is 19.1. The van der Waals surface area contributed by atoms with Gasteiger partial charge in [-0.05, 0) is 77.3 Å². The lowest BCUT2D eigenvalue weighted by molar-refractivity contribution is -0.167. The Labute approximate surface area is 213 Å². The van der Waals surface area contributed by atoms with Gasteiger partial charge in [0.15, 0.2) is 0 Å². The summed E-state index contributed by atoms with van der Waals surface area (Å²) in [5, 5.41) is 9.73. The Morgan fingerprint density at radius 1 is 1.11 bits per heavy atom. The van der Waals surface area contributed by atoms with Gasteiger partial charge in [0.2, 0.25) is 6.10 Å². The molecular formula is C27H40FNO7. The summed E-state index contributed by atoms with van der Waals surface area (Å²) in [5.41, 5.74) is -0.530. The topological polar surface area (TPSA) is 102 Å². The van der Waals surface area contributed by atoms with Crippen molar-refractivity contribution in [2.24, 2.45) is 0 Å². The van der Waals surface area contributed by atoms with Crippen LogP contribution in [0, 0.1) is 0 Å². The molecule has 2 atom stereocenters. The fourth-order valence-electron chi connectivity index (χ4n) is 3.98. The molecule has 1 aliphatic rings. The SMILES string of the molecule is CN(C(=O)OC(C)(C)C)[C@@H](CCC(C)(C)F)C(=O)O[C@H](Cc1ccc(C2CCOCC2)cc1)C(=O)O. The molecule has 1 saturated heterocycles. The number of halogens is 1. The van der Waals surface area contributed by atoms with Gasteiger partial charge in [-0.1, -0.05) is 24.3 Å². The van der Waals surface area contributed by atoms with E-state index in [1.54, 1.807) is 20.8 Å². The van der Waals surface area contributed by atoms with E-state index in [1.807, 2.05) is 24.3 Å². The molecule has 0 spiro atoms. The van der Waals surface area contributed by atoms with Gasteiger partial charge in [-0.15, -0.1) is 0 Å². The van der Waals surface area contributed by atoms with Crippen molar-refractivity contribution < 1.29 is 38.1 Å². The summed E-state index contributed by atoms with van der Waals surface area (Å²) >= 11 is 0. The van der Waals surface area contributed by atoms with Crippen LogP contribution in [0.2, 0.25) is 0 Å². The minimum atomic E-state index is -1.59. The fourth-order valence-corrected chi connectivity index (χ4v) is 3.98. The third-order valence-corrected chi connectivity index (χ3v) is 6.06. The fraction of sp³-hybridized carbons (Fsp3) is 0.667. The van der Waals surface area contributed by atoms with E-state index in [0.29, 0.717) is 11.5 Å². The maximum absolute atomic E-state index is 14.2. The van der Waals surface area contributed by atoms with Gasteiger partial charge in [0.1, 0.15) is 17.3 Å². The maximum atomic E-state index is 14.2. The number of hydrogen-bond donors (Lipinski definition) is 1. The quantitative estimate of drug-likeness (QED) is 0.448. The molecule has 36 heavy (non-hydrogen) atoms. The van der Waals surface area contributed by atoms with Crippen molar-refractivity contribution in [2.75, 3.05) is 20.3 Å². The lowest BCUT2D eigenvalue weighted by atomic mass is 9.91. The van der Waals surface area contributed by atoms with Crippen LogP contribution in [0.4, 0.5) is 9.18 Å². The van der Waals surface area contributed by atoms with Crippen LogP contribution in [0.25, 0.3) is 0 Å². The lowest BCUT2D eigenvalue weighted by Crippen LogP contribution is -2.47. The second-order valence-corrected chi connectivity index (χ2v) is 11.0. The first-order valence-electron chi connectivity index (χ1n) is 12.4. The highest BCUT2D eigenvalue weighted by Gasteiger charge is 2.35. The Hall–Kier alpha value is -2.68. The second kappa shape index (κ2) is 12.5. The monoisotopic (exact) mass is 509 g/mol. The number of nitrogens with zero attached hydrogens (tertiary/aromatic N) is 1. The number of carboxylic acid groups (broad SMARTS) is 1. The molecule has 1 aromatic carbocycles. The normalized spacial score (nSPS) is 16.6. The number of rotatable bonds is 10. The van der Waals surface area contributed by atoms with Crippen LogP contribution in [0.15, 0.2) is 24.3 Å². The Bertz CT molecular complexity index is 883. The Morgan fingerprint density at radius 2 is 1.69 bits per heavy atom. The average Bonchev–Trinajstić information content (AvgIpc) is 2.77. The molecule has 8 nitrogen and oxygen atoms in total. The molecule has 0 aliphatic carbocycles. The zero-order chi connectivity index (χ0) is 27.1. The summed E-state index contributed by atoms with van der Waals surface area (Å²) in [4.78, 5) is 38.6. The van der Waals surface area contributed by atoms with E-state index in [9.17, 15) is 23.9 Å². The molecule has 1 fully saturated rings. The van der Waals surface area contributed by atoms with Gasteiger partial charge in [0.25, 0.3) is 0 Å². The van der Waals surface area contributed by atoms with E-state index in [4.69, 9.17) is 14.2 Å². The van der Waals surface area contributed by atoms with Gasteiger partial charge in [0.05, 0.1) is 0 Å². The molecule has 1 amide bonds. The van der Waals surface area contributed by atoms with Crippen LogP contribution in [0.5, 0.6) is 0 Å². The molecule has 0 bridgehead atoms. The van der Waals surface area contributed by atoms with Crippen molar-refractivity contribution >= 4 is 18.0 Å². The highest BCUT2D eigenvalue weighted by Crippen LogP contribution is 2.27. The number of carboxylic acids is 1. The van der Waals surface area contributed by atoms with E-state index in [1.165, 1.54) is 26.5 Å². The molecule has 1 heterocycles. The number of alkyl halides is 1. The maximum Gasteiger partial charge on any atom is 0.410 e. The number of carbonyl (C=O) groups excluding carboxylic acids is 2. The Kier molecular flexibility index (Phi) is 10.3. The number of amides is 1. The van der Waals surface area contributed by atoms with Gasteiger partial charge in [-0.25, -0.2) is 18.8 Å². The molecule has 1 aromatic rings. The second-order valence-electron chi connectivity index (χ2n) is 11.0. The van der Waals surface area contributed by atoms with Crippen LogP contribution in [-0.4, -0.2) is 71.7 Å². The van der Waals surface area contributed by atoms with Crippen molar-refractivity contribution in [3.63, 3.8) is 0 Å². The lowest BCUT2D eigenvalue weighted by Gasteiger charge is -2.31. The summed E-state index contributed by atoms with van der Waals surface area (Å²) < 4.78 is 30.3. The van der Waals surface area contributed by atoms with Crippen molar-refractivity contribution in [3.05, 3.63) is 35.4 Å². The first kappa shape index (κ1) is 29.5. The zero-order valence-corrected chi connectivity index (χ0v) is 22.2. The minimum absolute atomic E-state index is 0.0351. The van der Waals surface area contributed by atoms with E-state index >= 15 is 0 Å². The number of carbonyl (C=O) groups is 3. The molecular weight excluding hydrogens is 469 g/mol. The Balaban J connectivity index is 2.13. The summed E-state index contributed by atoms with van der Waals surface area (Å²) in [5.74, 6) is -1.81. The molecule has 1 N–H and O–H groups in total. The number of benzene rings is 1. The third kappa shape index (κ3) is 9.76. The summed E-state index contributed by atoms with van der Waals surface area (Å²) in [6, 6.07) is 6.41. The summed E-state index contributed by atoms with van der Waals surface area (Å²) in [6.45, 7) is 9.24. The number of esters is 1. The molecule has 0 radical (unpaired) electrons. The smallest absolute Gasteiger partial charge is 0.410 e. The minimum Gasteiger partial charge on any atom is -0.478 e. The van der Waals surface area contributed by atoms with E-state index in [2.05, 4.69) is 0 Å². The van der Waals surface area contributed by atoms with Gasteiger partial charge in [0, 0.05) is 26.7 Å². The highest BCUT2D eigenvalue weighted by molar-refractivity contribution is 5.84. The standard InChI is InChI=1S/C27H40FNO7/c1-26(2,3)36-25(33)29(6)21(11-14-27(4,5)28)24(32)35-22(23(30)31)17-18-7-9-19(10-8-18)20-12-15-34-16-13-20/h7-10,20-22H,11-17H2,1-6H3,(H,30,31)/t21-,22+/m0/s1. The summed E-state index contributed by atoms with van der Waals surface area (Å²) in [7, 11) is 1.36. The van der Waals surface area contributed by atoms with Crippen LogP contribution >= 0.6 is 0 Å². The first-order chi connectivity index (χ1) is 16.7. The van der Waals surface area contributed by atoms with Crippen LogP contribution in [0.3, 0.4) is 0 Å². The zero-order valence-electron chi connectivity index (χ0n) is 22.2. The van der Waals surface area contributed by atoms with Crippen LogP contribution in [0.1, 0.15) is 77.3 Å². The summed E-state index contributed by atoms with van der Waals surface area (Å²) in [6.07, 6.45) is -0.480.